The minimum Gasteiger partial charge on any atom is -0.504 e. The van der Waals surface area contributed by atoms with Gasteiger partial charge in [0.15, 0.2) is 11.5 Å². The molecule has 2 aromatic heterocycles. The smallest absolute Gasteiger partial charge is 0.205 e. The Kier molecular flexibility index (Phi) is 4.46. The first-order valence-corrected chi connectivity index (χ1v) is 14.4. The quantitative estimate of drug-likeness (QED) is 0.0910. The lowest BCUT2D eigenvalue weighted by Crippen LogP contribution is -1.95. The number of rotatable bonds is 1. The highest BCUT2D eigenvalue weighted by Gasteiger charge is 2.28. The number of aromatic hydroxyl groups is 4. The van der Waals surface area contributed by atoms with Gasteiger partial charge in [-0.05, 0) is 33.7 Å². The van der Waals surface area contributed by atoms with Crippen molar-refractivity contribution in [3.63, 3.8) is 0 Å². The monoisotopic (exact) mass is 563 g/mol. The molecule has 9 aromatic rings. The van der Waals surface area contributed by atoms with E-state index in [4.69, 9.17) is 0 Å². The van der Waals surface area contributed by atoms with Crippen molar-refractivity contribution in [3.05, 3.63) is 103 Å². The Bertz CT molecular complexity index is 2620. The van der Waals surface area contributed by atoms with E-state index in [0.29, 0.717) is 10.1 Å². The molecule has 0 aliphatic rings. The molecule has 0 saturated carbocycles. The van der Waals surface area contributed by atoms with Gasteiger partial charge >= 0.3 is 0 Å². The van der Waals surface area contributed by atoms with Crippen molar-refractivity contribution in [2.24, 2.45) is 0 Å². The van der Waals surface area contributed by atoms with Gasteiger partial charge in [0.2, 0.25) is 11.5 Å². The Balaban J connectivity index is 1.73. The van der Waals surface area contributed by atoms with Gasteiger partial charge in [-0.2, -0.15) is 0 Å². The molecule has 0 bridgehead atoms. The van der Waals surface area contributed by atoms with E-state index in [2.05, 4.69) is 71.3 Å². The van der Waals surface area contributed by atoms with Gasteiger partial charge in [-0.3, -0.25) is 0 Å². The third-order valence-corrected chi connectivity index (χ3v) is 9.78. The fraction of sp³-hybridized carbons (Fsp3) is 0. The standard InChI is InChI=1S/C36H21NO4S/c38-31-28-26-22-15-7-9-17-24(22)30-27(35(26)42-36(28)34(41)33(40)32(31)39)25-21-14-6-4-12-19(21)20-13-5-8-16-23(20)29(25)37(30)18-10-2-1-3-11-18/h1-17,38-41H. The van der Waals surface area contributed by atoms with Gasteiger partial charge in [-0.25, -0.2) is 0 Å². The summed E-state index contributed by atoms with van der Waals surface area (Å²) in [5.41, 5.74) is 3.10. The van der Waals surface area contributed by atoms with E-state index in [1.807, 2.05) is 36.4 Å². The Hall–Kier alpha value is -5.46. The second-order valence-electron chi connectivity index (χ2n) is 10.7. The molecule has 9 rings (SSSR count). The molecule has 4 N–H and O–H groups in total. The van der Waals surface area contributed by atoms with Gasteiger partial charge in [0.25, 0.3) is 0 Å². The molecular formula is C36H21NO4S. The van der Waals surface area contributed by atoms with Crippen LogP contribution in [0.4, 0.5) is 0 Å². The lowest BCUT2D eigenvalue weighted by Gasteiger charge is -2.13. The van der Waals surface area contributed by atoms with E-state index in [0.717, 1.165) is 69.9 Å². The van der Waals surface area contributed by atoms with Crippen LogP contribution in [0.1, 0.15) is 0 Å². The van der Waals surface area contributed by atoms with Crippen LogP contribution in [-0.2, 0) is 0 Å². The summed E-state index contributed by atoms with van der Waals surface area (Å²) in [6.07, 6.45) is 0. The van der Waals surface area contributed by atoms with Crippen molar-refractivity contribution < 1.29 is 20.4 Å². The maximum absolute atomic E-state index is 11.2. The van der Waals surface area contributed by atoms with Gasteiger partial charge in [-0.15, -0.1) is 11.3 Å². The number of fused-ring (bicyclic) bond motifs is 15. The SMILES string of the molecule is Oc1c(O)c(O)c2c(sc3c2c2ccccc2c2c3c3c4ccccc4c4ccccc4c3n2-c2ccccc2)c1O. The average molecular weight is 564 g/mol. The number of thiophene rings is 1. The summed E-state index contributed by atoms with van der Waals surface area (Å²) in [5.74, 6) is -2.35. The molecule has 0 aliphatic heterocycles. The molecule has 0 aliphatic carbocycles. The van der Waals surface area contributed by atoms with Gasteiger partial charge < -0.3 is 25.0 Å². The molecule has 0 saturated heterocycles. The fourth-order valence-corrected chi connectivity index (χ4v) is 8.19. The molecule has 6 heteroatoms. The maximum atomic E-state index is 11.2. The summed E-state index contributed by atoms with van der Waals surface area (Å²) in [6.45, 7) is 0. The van der Waals surface area contributed by atoms with Crippen LogP contribution in [0.15, 0.2) is 103 Å². The molecule has 0 spiro atoms. The molecule has 0 atom stereocenters. The highest BCUT2D eigenvalue weighted by atomic mass is 32.1. The number of phenols is 4. The summed E-state index contributed by atoms with van der Waals surface area (Å²) >= 11 is 1.31. The summed E-state index contributed by atoms with van der Waals surface area (Å²) in [7, 11) is 0. The van der Waals surface area contributed by atoms with E-state index in [1.165, 1.54) is 11.3 Å². The number of phenolic OH excluding ortho intramolecular Hbond substituents is 4. The Labute approximate surface area is 241 Å². The van der Waals surface area contributed by atoms with Gasteiger partial charge in [0.05, 0.1) is 21.1 Å². The first-order valence-electron chi connectivity index (χ1n) is 13.6. The van der Waals surface area contributed by atoms with Crippen LogP contribution in [0.5, 0.6) is 23.0 Å². The van der Waals surface area contributed by atoms with Gasteiger partial charge in [-0.1, -0.05) is 91.0 Å². The molecule has 2 heterocycles. The minimum absolute atomic E-state index is 0.321. The normalized spacial score (nSPS) is 12.2. The zero-order valence-electron chi connectivity index (χ0n) is 22.0. The van der Waals surface area contributed by atoms with Crippen LogP contribution in [-0.4, -0.2) is 25.0 Å². The summed E-state index contributed by atoms with van der Waals surface area (Å²) in [4.78, 5) is 0. The lowest BCUT2D eigenvalue weighted by molar-refractivity contribution is 0.351. The number of benzene rings is 7. The number of para-hydroxylation sites is 1. The fourth-order valence-electron chi connectivity index (χ4n) is 6.88. The Morgan fingerprint density at radius 2 is 0.857 bits per heavy atom. The van der Waals surface area contributed by atoms with Gasteiger partial charge in [0.1, 0.15) is 0 Å². The molecule has 0 amide bonds. The van der Waals surface area contributed by atoms with E-state index < -0.39 is 23.0 Å². The molecular weight excluding hydrogens is 542 g/mol. The van der Waals surface area contributed by atoms with Crippen LogP contribution in [0, 0.1) is 0 Å². The van der Waals surface area contributed by atoms with E-state index in [9.17, 15) is 20.4 Å². The molecule has 200 valence electrons. The Morgan fingerprint density at radius 3 is 1.52 bits per heavy atom. The predicted molar refractivity (Wildman–Crippen MR) is 173 cm³/mol. The average Bonchev–Trinajstić information content (AvgIpc) is 3.62. The minimum atomic E-state index is -0.730. The molecule has 42 heavy (non-hydrogen) atoms. The summed E-state index contributed by atoms with van der Waals surface area (Å²) in [5, 5.41) is 52.7. The first kappa shape index (κ1) is 23.3. The van der Waals surface area contributed by atoms with Crippen molar-refractivity contribution >= 4 is 85.6 Å². The molecule has 0 fully saturated rings. The third kappa shape index (κ3) is 2.72. The number of aromatic nitrogens is 1. The zero-order valence-corrected chi connectivity index (χ0v) is 22.8. The maximum Gasteiger partial charge on any atom is 0.205 e. The number of nitrogens with zero attached hydrogens (tertiary/aromatic N) is 1. The predicted octanol–water partition coefficient (Wildman–Crippen LogP) is 9.43. The van der Waals surface area contributed by atoms with Crippen LogP contribution in [0.25, 0.3) is 80.0 Å². The largest absolute Gasteiger partial charge is 0.504 e. The van der Waals surface area contributed by atoms with E-state index in [-0.39, 0.29) is 0 Å². The lowest BCUT2D eigenvalue weighted by atomic mass is 9.95. The second kappa shape index (κ2) is 8.06. The first-order chi connectivity index (χ1) is 20.6. The topological polar surface area (TPSA) is 85.9 Å². The summed E-state index contributed by atoms with van der Waals surface area (Å²) < 4.78 is 3.51. The number of hydrogen-bond donors (Lipinski definition) is 4. The zero-order chi connectivity index (χ0) is 28.3. The van der Waals surface area contributed by atoms with Crippen molar-refractivity contribution in [3.8, 4) is 28.7 Å². The third-order valence-electron chi connectivity index (χ3n) is 8.57. The molecule has 0 unspecified atom stereocenters. The van der Waals surface area contributed by atoms with Crippen LogP contribution in [0.3, 0.4) is 0 Å². The second-order valence-corrected chi connectivity index (χ2v) is 11.7. The van der Waals surface area contributed by atoms with Crippen LogP contribution < -0.4 is 0 Å². The van der Waals surface area contributed by atoms with Crippen LogP contribution >= 0.6 is 11.3 Å². The number of hydrogen-bond acceptors (Lipinski definition) is 5. The van der Waals surface area contributed by atoms with Crippen molar-refractivity contribution in [1.29, 1.82) is 0 Å². The highest BCUT2D eigenvalue weighted by molar-refractivity contribution is 7.27. The van der Waals surface area contributed by atoms with Crippen molar-refractivity contribution in [1.82, 2.24) is 4.57 Å². The molecule has 0 radical (unpaired) electrons. The van der Waals surface area contributed by atoms with Gasteiger partial charge in [0, 0.05) is 37.3 Å². The van der Waals surface area contributed by atoms with E-state index in [1.54, 1.807) is 0 Å². The Morgan fingerprint density at radius 1 is 0.381 bits per heavy atom. The molecule has 7 aromatic carbocycles. The highest BCUT2D eigenvalue weighted by Crippen LogP contribution is 2.58. The van der Waals surface area contributed by atoms with Crippen molar-refractivity contribution in [2.45, 2.75) is 0 Å². The van der Waals surface area contributed by atoms with Crippen LogP contribution in [0.2, 0.25) is 0 Å². The summed E-state index contributed by atoms with van der Waals surface area (Å²) in [6, 6.07) is 35.3. The molecule has 5 nitrogen and oxygen atoms in total. The van der Waals surface area contributed by atoms with Crippen molar-refractivity contribution in [2.75, 3.05) is 0 Å². The van der Waals surface area contributed by atoms with E-state index >= 15 is 0 Å².